The van der Waals surface area contributed by atoms with Gasteiger partial charge in [-0.2, -0.15) is 0 Å². The van der Waals surface area contributed by atoms with Crippen LogP contribution in [0.1, 0.15) is 24.1 Å². The average molecular weight is 534 g/mol. The lowest BCUT2D eigenvalue weighted by molar-refractivity contribution is -0.123. The van der Waals surface area contributed by atoms with Gasteiger partial charge in [0.1, 0.15) is 10.9 Å². The Kier molecular flexibility index (Phi) is 6.66. The van der Waals surface area contributed by atoms with Crippen LogP contribution in [0.2, 0.25) is 5.02 Å². The number of anilines is 2. The van der Waals surface area contributed by atoms with Crippen LogP contribution in [-0.4, -0.2) is 33.5 Å². The number of nitrogens with zero attached hydrogens (tertiary/aromatic N) is 2. The van der Waals surface area contributed by atoms with Gasteiger partial charge in [0.05, 0.1) is 22.2 Å². The molecule has 0 bridgehead atoms. The van der Waals surface area contributed by atoms with Gasteiger partial charge in [0, 0.05) is 16.3 Å². The van der Waals surface area contributed by atoms with Crippen LogP contribution in [0.5, 0.6) is 0 Å². The predicted molar refractivity (Wildman–Crippen MR) is 148 cm³/mol. The van der Waals surface area contributed by atoms with Crippen LogP contribution in [0.3, 0.4) is 0 Å². The fourth-order valence-electron chi connectivity index (χ4n) is 4.31. The molecule has 2 aliphatic rings. The Bertz CT molecular complexity index is 1440. The highest BCUT2D eigenvalue weighted by atomic mass is 35.5. The number of thiocarbonyl (C=S) groups is 1. The minimum Gasteiger partial charge on any atom is -0.324 e. The van der Waals surface area contributed by atoms with E-state index in [1.807, 2.05) is 37.3 Å². The Labute approximate surface area is 222 Å². The van der Waals surface area contributed by atoms with Gasteiger partial charge in [-0.15, -0.1) is 0 Å². The van der Waals surface area contributed by atoms with Crippen molar-refractivity contribution in [2.24, 2.45) is 0 Å². The number of thioether (sulfide) groups is 1. The van der Waals surface area contributed by atoms with Crippen molar-refractivity contribution in [2.45, 2.75) is 13.0 Å². The molecule has 5 rings (SSSR count). The molecule has 3 aromatic rings. The van der Waals surface area contributed by atoms with Crippen LogP contribution in [-0.2, 0) is 14.4 Å². The summed E-state index contributed by atoms with van der Waals surface area (Å²) in [5.74, 6) is -1.11. The normalized spacial score (nSPS) is 18.0. The largest absolute Gasteiger partial charge is 0.324 e. The number of para-hydroxylation sites is 1. The third-order valence-corrected chi connectivity index (χ3v) is 7.66. The van der Waals surface area contributed by atoms with Crippen molar-refractivity contribution >= 4 is 74.6 Å². The van der Waals surface area contributed by atoms with Gasteiger partial charge in [-0.25, -0.2) is 0 Å². The maximum absolute atomic E-state index is 13.6. The fraction of sp³-hybridized carbons (Fsp3) is 0.111. The summed E-state index contributed by atoms with van der Waals surface area (Å²) < 4.78 is 0.390. The zero-order valence-electron chi connectivity index (χ0n) is 19.1. The molecule has 2 aliphatic heterocycles. The van der Waals surface area contributed by atoms with Crippen LogP contribution in [0, 0.1) is 0 Å². The van der Waals surface area contributed by atoms with E-state index in [2.05, 4.69) is 5.32 Å². The second-order valence-electron chi connectivity index (χ2n) is 8.30. The second-order valence-corrected chi connectivity index (χ2v) is 10.4. The van der Waals surface area contributed by atoms with E-state index in [4.69, 9.17) is 23.8 Å². The molecule has 3 amide bonds. The lowest BCUT2D eigenvalue weighted by Gasteiger charge is -2.23. The van der Waals surface area contributed by atoms with Gasteiger partial charge in [-0.05, 0) is 36.8 Å². The number of benzene rings is 3. The van der Waals surface area contributed by atoms with Gasteiger partial charge in [-0.1, -0.05) is 90.2 Å². The number of hydrogen-bond donors (Lipinski definition) is 1. The Morgan fingerprint density at radius 3 is 2.47 bits per heavy atom. The molecule has 36 heavy (non-hydrogen) atoms. The molecule has 0 aliphatic carbocycles. The molecule has 0 unspecified atom stereocenters. The van der Waals surface area contributed by atoms with Gasteiger partial charge in [0.15, 0.2) is 0 Å². The smallest absolute Gasteiger partial charge is 0.267 e. The zero-order valence-corrected chi connectivity index (χ0v) is 21.5. The summed E-state index contributed by atoms with van der Waals surface area (Å²) in [6.45, 7) is 1.69. The lowest BCUT2D eigenvalue weighted by atomic mass is 10.1. The molecule has 0 radical (unpaired) electrons. The average Bonchev–Trinajstić information content (AvgIpc) is 3.31. The quantitative estimate of drug-likeness (QED) is 0.338. The fourth-order valence-corrected chi connectivity index (χ4v) is 5.99. The molecule has 1 fully saturated rings. The SMILES string of the molecule is C[C@@H](c1ccccc1)N1C(=O)/C(=C2/C(=O)N(CC(=O)Nc3cccc(Cl)c3)c3ccccc32)SC1=S. The van der Waals surface area contributed by atoms with Crippen LogP contribution < -0.4 is 10.2 Å². The van der Waals surface area contributed by atoms with E-state index in [1.165, 1.54) is 4.90 Å². The topological polar surface area (TPSA) is 69.7 Å². The first-order valence-electron chi connectivity index (χ1n) is 11.2. The molecular weight excluding hydrogens is 514 g/mol. The summed E-state index contributed by atoms with van der Waals surface area (Å²) in [5.41, 5.74) is 2.91. The van der Waals surface area contributed by atoms with Crippen LogP contribution in [0.25, 0.3) is 5.57 Å². The van der Waals surface area contributed by atoms with Crippen molar-refractivity contribution in [1.82, 2.24) is 4.90 Å². The summed E-state index contributed by atoms with van der Waals surface area (Å²) in [5, 5.41) is 3.26. The number of nitrogens with one attached hydrogen (secondary N) is 1. The van der Waals surface area contributed by atoms with E-state index in [-0.39, 0.29) is 34.9 Å². The third-order valence-electron chi connectivity index (χ3n) is 6.03. The predicted octanol–water partition coefficient (Wildman–Crippen LogP) is 5.66. The summed E-state index contributed by atoms with van der Waals surface area (Å²) in [4.78, 5) is 43.2. The minimum absolute atomic E-state index is 0.216. The van der Waals surface area contributed by atoms with E-state index < -0.39 is 5.91 Å². The molecule has 3 aromatic carbocycles. The van der Waals surface area contributed by atoms with Gasteiger partial charge in [0.2, 0.25) is 5.91 Å². The summed E-state index contributed by atoms with van der Waals surface area (Å²) in [6.07, 6.45) is 0. The number of fused-ring (bicyclic) bond motifs is 1. The Hall–Kier alpha value is -3.46. The van der Waals surface area contributed by atoms with Crippen molar-refractivity contribution < 1.29 is 14.4 Å². The van der Waals surface area contributed by atoms with E-state index in [1.54, 1.807) is 53.4 Å². The maximum atomic E-state index is 13.6. The van der Waals surface area contributed by atoms with Crippen molar-refractivity contribution in [3.8, 4) is 0 Å². The molecule has 9 heteroatoms. The van der Waals surface area contributed by atoms with E-state index in [0.29, 0.717) is 26.3 Å². The van der Waals surface area contributed by atoms with Crippen molar-refractivity contribution in [1.29, 1.82) is 0 Å². The van der Waals surface area contributed by atoms with Crippen LogP contribution >= 0.6 is 35.6 Å². The first kappa shape index (κ1) is 24.2. The molecular formula is C27H20ClN3O3S2. The van der Waals surface area contributed by atoms with E-state index in [9.17, 15) is 14.4 Å². The van der Waals surface area contributed by atoms with Crippen LogP contribution in [0.4, 0.5) is 11.4 Å². The number of carbonyl (C=O) groups excluding carboxylic acids is 3. The highest BCUT2D eigenvalue weighted by molar-refractivity contribution is 8.26. The molecule has 0 spiro atoms. The molecule has 1 atom stereocenters. The first-order valence-corrected chi connectivity index (χ1v) is 12.8. The summed E-state index contributed by atoms with van der Waals surface area (Å²) in [6, 6.07) is 23.2. The molecule has 1 saturated heterocycles. The Morgan fingerprint density at radius 1 is 1.00 bits per heavy atom. The maximum Gasteiger partial charge on any atom is 0.267 e. The molecule has 180 valence electrons. The number of halogens is 1. The minimum atomic E-state index is -0.412. The van der Waals surface area contributed by atoms with Gasteiger partial charge < -0.3 is 5.32 Å². The number of hydrogen-bond acceptors (Lipinski definition) is 5. The number of rotatable bonds is 5. The van der Waals surface area contributed by atoms with Crippen molar-refractivity contribution in [2.75, 3.05) is 16.8 Å². The van der Waals surface area contributed by atoms with E-state index >= 15 is 0 Å². The van der Waals surface area contributed by atoms with Crippen molar-refractivity contribution in [3.63, 3.8) is 0 Å². The highest BCUT2D eigenvalue weighted by Crippen LogP contribution is 2.46. The summed E-state index contributed by atoms with van der Waals surface area (Å²) in [7, 11) is 0. The standard InChI is InChI=1S/C27H20ClN3O3S2/c1-16(17-8-3-2-4-9-17)31-26(34)24(36-27(31)35)23-20-12-5-6-13-21(20)30(25(23)33)15-22(32)29-19-11-7-10-18(28)14-19/h2-14,16H,15H2,1H3,(H,29,32)/b24-23-/t16-/m0/s1. The zero-order chi connectivity index (χ0) is 25.4. The third kappa shape index (κ3) is 4.43. The molecule has 0 aromatic heterocycles. The molecule has 6 nitrogen and oxygen atoms in total. The number of carbonyl (C=O) groups is 3. The monoisotopic (exact) mass is 533 g/mol. The van der Waals surface area contributed by atoms with E-state index in [0.717, 1.165) is 17.3 Å². The van der Waals surface area contributed by atoms with Gasteiger partial charge >= 0.3 is 0 Å². The first-order chi connectivity index (χ1) is 17.3. The number of amides is 3. The summed E-state index contributed by atoms with van der Waals surface area (Å²) >= 11 is 12.7. The Morgan fingerprint density at radius 2 is 1.72 bits per heavy atom. The Balaban J connectivity index is 1.46. The van der Waals surface area contributed by atoms with Gasteiger partial charge in [0.25, 0.3) is 11.8 Å². The molecule has 2 heterocycles. The lowest BCUT2D eigenvalue weighted by Crippen LogP contribution is -2.35. The highest BCUT2D eigenvalue weighted by Gasteiger charge is 2.43. The second kappa shape index (κ2) is 9.89. The molecule has 1 N–H and O–H groups in total. The van der Waals surface area contributed by atoms with Gasteiger partial charge in [-0.3, -0.25) is 24.2 Å². The van der Waals surface area contributed by atoms with Crippen LogP contribution in [0.15, 0.2) is 83.8 Å². The molecule has 0 saturated carbocycles. The van der Waals surface area contributed by atoms with Crippen molar-refractivity contribution in [3.05, 3.63) is 99.9 Å².